The molecule has 128 valence electrons. The van der Waals surface area contributed by atoms with Crippen molar-refractivity contribution in [3.8, 4) is 5.75 Å². The molecule has 0 saturated carbocycles. The smallest absolute Gasteiger partial charge is 0.416 e. The highest BCUT2D eigenvalue weighted by molar-refractivity contribution is 5.96. The number of hydrogen-bond acceptors (Lipinski definition) is 2. The van der Waals surface area contributed by atoms with Crippen LogP contribution >= 0.6 is 0 Å². The maximum absolute atomic E-state index is 12.7. The third-order valence-electron chi connectivity index (χ3n) is 3.20. The highest BCUT2D eigenvalue weighted by Crippen LogP contribution is 2.29. The maximum Gasteiger partial charge on any atom is 0.416 e. The normalized spacial score (nSPS) is 11.4. The van der Waals surface area contributed by atoms with Gasteiger partial charge in [-0.25, -0.2) is 0 Å². The van der Waals surface area contributed by atoms with E-state index in [4.69, 9.17) is 4.74 Å². The van der Waals surface area contributed by atoms with Gasteiger partial charge in [0.25, 0.3) is 5.91 Å². The van der Waals surface area contributed by atoms with Gasteiger partial charge >= 0.3 is 6.18 Å². The fourth-order valence-corrected chi connectivity index (χ4v) is 2.15. The molecule has 3 nitrogen and oxygen atoms in total. The lowest BCUT2D eigenvalue weighted by molar-refractivity contribution is -0.137. The van der Waals surface area contributed by atoms with Crippen LogP contribution in [-0.4, -0.2) is 12.0 Å². The molecule has 0 heterocycles. The highest BCUT2D eigenvalue weighted by Gasteiger charge is 2.30. The summed E-state index contributed by atoms with van der Waals surface area (Å²) in [6, 6.07) is 11.6. The van der Waals surface area contributed by atoms with Crippen LogP contribution in [0.25, 0.3) is 0 Å². The number of rotatable bonds is 5. The first-order valence-electron chi connectivity index (χ1n) is 7.47. The van der Waals surface area contributed by atoms with Crippen molar-refractivity contribution < 1.29 is 22.7 Å². The first kappa shape index (κ1) is 17.8. The molecule has 6 heteroatoms. The van der Waals surface area contributed by atoms with Crippen LogP contribution in [-0.2, 0) is 12.7 Å². The standard InChI is InChI=1S/C18H18F3NO2/c1-12(2)24-16-9-4-3-8-15(16)17(23)22-11-13-6-5-7-14(10-13)18(19,20)21/h3-10,12H,11H2,1-2H3,(H,22,23). The molecule has 2 aromatic rings. The third kappa shape index (κ3) is 4.75. The number of nitrogens with one attached hydrogen (secondary N) is 1. The summed E-state index contributed by atoms with van der Waals surface area (Å²) >= 11 is 0. The second-order valence-corrected chi connectivity index (χ2v) is 5.54. The second-order valence-electron chi connectivity index (χ2n) is 5.54. The average Bonchev–Trinajstić information content (AvgIpc) is 2.52. The van der Waals surface area contributed by atoms with Crippen molar-refractivity contribution in [3.05, 3.63) is 65.2 Å². The molecule has 2 aromatic carbocycles. The SMILES string of the molecule is CC(C)Oc1ccccc1C(=O)NCc1cccc(C(F)(F)F)c1. The van der Waals surface area contributed by atoms with Crippen LogP contribution in [0, 0.1) is 0 Å². The van der Waals surface area contributed by atoms with Crippen LogP contribution in [0.3, 0.4) is 0 Å². The van der Waals surface area contributed by atoms with Crippen LogP contribution in [0.1, 0.15) is 35.3 Å². The number of benzene rings is 2. The molecule has 0 aliphatic heterocycles. The van der Waals surface area contributed by atoms with Crippen molar-refractivity contribution in [2.45, 2.75) is 32.7 Å². The molecule has 0 radical (unpaired) electrons. The van der Waals surface area contributed by atoms with Gasteiger partial charge in [0.2, 0.25) is 0 Å². The van der Waals surface area contributed by atoms with E-state index in [-0.39, 0.29) is 12.6 Å². The zero-order chi connectivity index (χ0) is 17.7. The minimum absolute atomic E-state index is 0.00122. The van der Waals surface area contributed by atoms with Gasteiger partial charge in [0.1, 0.15) is 5.75 Å². The van der Waals surface area contributed by atoms with E-state index < -0.39 is 17.6 Å². The van der Waals surface area contributed by atoms with E-state index in [1.807, 2.05) is 13.8 Å². The van der Waals surface area contributed by atoms with Crippen LogP contribution < -0.4 is 10.1 Å². The molecule has 0 aromatic heterocycles. The Morgan fingerprint density at radius 2 is 1.83 bits per heavy atom. The summed E-state index contributed by atoms with van der Waals surface area (Å²) in [7, 11) is 0. The number of alkyl halides is 3. The number of amides is 1. The number of halogens is 3. The predicted octanol–water partition coefficient (Wildman–Crippen LogP) is 4.42. The molecule has 0 aliphatic carbocycles. The van der Waals surface area contributed by atoms with Gasteiger partial charge in [-0.05, 0) is 43.7 Å². The molecule has 0 spiro atoms. The largest absolute Gasteiger partial charge is 0.490 e. The Balaban J connectivity index is 2.09. The average molecular weight is 337 g/mol. The lowest BCUT2D eigenvalue weighted by atomic mass is 10.1. The topological polar surface area (TPSA) is 38.3 Å². The van der Waals surface area contributed by atoms with Crippen molar-refractivity contribution in [2.24, 2.45) is 0 Å². The summed E-state index contributed by atoms with van der Waals surface area (Å²) < 4.78 is 43.7. The second kappa shape index (κ2) is 7.38. The van der Waals surface area contributed by atoms with E-state index in [0.717, 1.165) is 12.1 Å². The summed E-state index contributed by atoms with van der Waals surface area (Å²) in [5, 5.41) is 2.62. The molecule has 2 rings (SSSR count). The summed E-state index contributed by atoms with van der Waals surface area (Å²) in [5.41, 5.74) is -0.0172. The van der Waals surface area contributed by atoms with Gasteiger partial charge < -0.3 is 10.1 Å². The van der Waals surface area contributed by atoms with E-state index >= 15 is 0 Å². The summed E-state index contributed by atoms with van der Waals surface area (Å²) in [4.78, 5) is 12.3. The van der Waals surface area contributed by atoms with Crippen LogP contribution in [0.5, 0.6) is 5.75 Å². The van der Waals surface area contributed by atoms with Gasteiger partial charge in [-0.3, -0.25) is 4.79 Å². The Bertz CT molecular complexity index is 711. The lowest BCUT2D eigenvalue weighted by Crippen LogP contribution is -2.24. The van der Waals surface area contributed by atoms with Gasteiger partial charge in [0.15, 0.2) is 0 Å². The Hall–Kier alpha value is -2.50. The van der Waals surface area contributed by atoms with Crippen LogP contribution in [0.2, 0.25) is 0 Å². The lowest BCUT2D eigenvalue weighted by Gasteiger charge is -2.14. The first-order chi connectivity index (χ1) is 11.3. The molecule has 0 fully saturated rings. The first-order valence-corrected chi connectivity index (χ1v) is 7.47. The van der Waals surface area contributed by atoms with Crippen LogP contribution in [0.4, 0.5) is 13.2 Å². The Labute approximate surface area is 138 Å². The van der Waals surface area contributed by atoms with Gasteiger partial charge in [0.05, 0.1) is 17.2 Å². The van der Waals surface area contributed by atoms with Gasteiger partial charge in [0, 0.05) is 6.54 Å². The van der Waals surface area contributed by atoms with E-state index in [1.54, 1.807) is 24.3 Å². The molecule has 0 aliphatic rings. The van der Waals surface area contributed by atoms with E-state index in [1.165, 1.54) is 12.1 Å². The van der Waals surface area contributed by atoms with Crippen molar-refractivity contribution in [1.29, 1.82) is 0 Å². The Kier molecular flexibility index (Phi) is 5.49. The van der Waals surface area contributed by atoms with E-state index in [0.29, 0.717) is 16.9 Å². The Morgan fingerprint density at radius 1 is 1.12 bits per heavy atom. The molecule has 0 bridgehead atoms. The summed E-state index contributed by atoms with van der Waals surface area (Å²) in [6.07, 6.45) is -4.50. The van der Waals surface area contributed by atoms with Crippen molar-refractivity contribution in [2.75, 3.05) is 0 Å². The van der Waals surface area contributed by atoms with Gasteiger partial charge in [-0.2, -0.15) is 13.2 Å². The number of ether oxygens (including phenoxy) is 1. The van der Waals surface area contributed by atoms with E-state index in [9.17, 15) is 18.0 Å². The number of para-hydroxylation sites is 1. The highest BCUT2D eigenvalue weighted by atomic mass is 19.4. The quantitative estimate of drug-likeness (QED) is 0.877. The number of carbonyl (C=O) groups excluding carboxylic acids is 1. The van der Waals surface area contributed by atoms with E-state index in [2.05, 4.69) is 5.32 Å². The molecular weight excluding hydrogens is 319 g/mol. The number of hydrogen-bond donors (Lipinski definition) is 1. The zero-order valence-electron chi connectivity index (χ0n) is 13.4. The van der Waals surface area contributed by atoms with Crippen LogP contribution in [0.15, 0.2) is 48.5 Å². The predicted molar refractivity (Wildman–Crippen MR) is 84.8 cm³/mol. The van der Waals surface area contributed by atoms with Crippen molar-refractivity contribution in [3.63, 3.8) is 0 Å². The maximum atomic E-state index is 12.7. The molecule has 0 atom stereocenters. The minimum Gasteiger partial charge on any atom is -0.490 e. The summed E-state index contributed by atoms with van der Waals surface area (Å²) in [6.45, 7) is 3.69. The third-order valence-corrected chi connectivity index (χ3v) is 3.20. The molecule has 0 unspecified atom stereocenters. The fourth-order valence-electron chi connectivity index (χ4n) is 2.15. The summed E-state index contributed by atoms with van der Waals surface area (Å²) in [5.74, 6) is 0.0395. The zero-order valence-corrected chi connectivity index (χ0v) is 13.4. The monoisotopic (exact) mass is 337 g/mol. The fraction of sp³-hybridized carbons (Fsp3) is 0.278. The molecule has 0 saturated heterocycles. The molecular formula is C18H18F3NO2. The van der Waals surface area contributed by atoms with Crippen molar-refractivity contribution in [1.82, 2.24) is 5.32 Å². The number of carbonyl (C=O) groups is 1. The molecule has 24 heavy (non-hydrogen) atoms. The molecule has 1 N–H and O–H groups in total. The van der Waals surface area contributed by atoms with Gasteiger partial charge in [-0.15, -0.1) is 0 Å². The van der Waals surface area contributed by atoms with Gasteiger partial charge in [-0.1, -0.05) is 24.3 Å². The van der Waals surface area contributed by atoms with Crippen molar-refractivity contribution >= 4 is 5.91 Å². The molecule has 1 amide bonds. The Morgan fingerprint density at radius 3 is 2.50 bits per heavy atom. The minimum atomic E-state index is -4.41.